The van der Waals surface area contributed by atoms with Crippen LogP contribution in [0, 0.1) is 0 Å². The molecule has 0 aliphatic carbocycles. The fourth-order valence-electron chi connectivity index (χ4n) is 2.95. The van der Waals surface area contributed by atoms with Crippen molar-refractivity contribution in [2.45, 2.75) is 6.42 Å². The highest BCUT2D eigenvalue weighted by Crippen LogP contribution is 2.26. The first-order valence-corrected chi connectivity index (χ1v) is 10.3. The van der Waals surface area contributed by atoms with Crippen LogP contribution in [0.2, 0.25) is 0 Å². The molecule has 0 aliphatic rings. The summed E-state index contributed by atoms with van der Waals surface area (Å²) in [6.07, 6.45) is 4.16. The predicted molar refractivity (Wildman–Crippen MR) is 118 cm³/mol. The summed E-state index contributed by atoms with van der Waals surface area (Å²) in [5, 5.41) is 16.6. The van der Waals surface area contributed by atoms with Crippen LogP contribution in [0.1, 0.15) is 11.1 Å². The van der Waals surface area contributed by atoms with E-state index >= 15 is 0 Å². The monoisotopic (exact) mass is 419 g/mol. The first-order valence-electron chi connectivity index (χ1n) is 9.45. The third-order valence-electron chi connectivity index (χ3n) is 4.47. The van der Waals surface area contributed by atoms with Gasteiger partial charge in [-0.05, 0) is 47.9 Å². The van der Waals surface area contributed by atoms with E-state index in [1.54, 1.807) is 29.3 Å². The molecule has 0 unspecified atom stereocenters. The number of methoxy groups -OCH3 is 1. The molecule has 0 saturated heterocycles. The van der Waals surface area contributed by atoms with Crippen LogP contribution in [0.3, 0.4) is 0 Å². The molecule has 0 spiro atoms. The van der Waals surface area contributed by atoms with E-state index in [1.807, 2.05) is 41.8 Å². The SMILES string of the molecule is COc1ccc(C=Nn2c(-c3ccco3)csc2=NCCc2ccccc2)cc1O. The molecule has 4 rings (SSSR count). The molecule has 0 aliphatic heterocycles. The van der Waals surface area contributed by atoms with Gasteiger partial charge in [-0.25, -0.2) is 4.68 Å². The van der Waals surface area contributed by atoms with Gasteiger partial charge >= 0.3 is 0 Å². The van der Waals surface area contributed by atoms with Crippen molar-refractivity contribution >= 4 is 17.6 Å². The number of nitrogens with zero attached hydrogens (tertiary/aromatic N) is 3. The predicted octanol–water partition coefficient (Wildman–Crippen LogP) is 4.55. The molecule has 152 valence electrons. The molecule has 30 heavy (non-hydrogen) atoms. The summed E-state index contributed by atoms with van der Waals surface area (Å²) in [6, 6.07) is 19.1. The maximum Gasteiger partial charge on any atom is 0.206 e. The number of benzene rings is 2. The number of ether oxygens (including phenoxy) is 1. The lowest BCUT2D eigenvalue weighted by Crippen LogP contribution is -2.13. The van der Waals surface area contributed by atoms with Crippen LogP contribution < -0.4 is 9.54 Å². The Labute approximate surface area is 178 Å². The number of hydrogen-bond donors (Lipinski definition) is 1. The van der Waals surface area contributed by atoms with E-state index in [4.69, 9.17) is 14.1 Å². The molecule has 0 saturated carbocycles. The van der Waals surface area contributed by atoms with Crippen molar-refractivity contribution in [1.82, 2.24) is 4.68 Å². The zero-order chi connectivity index (χ0) is 20.8. The van der Waals surface area contributed by atoms with E-state index < -0.39 is 0 Å². The molecule has 2 heterocycles. The molecule has 7 heteroatoms. The average molecular weight is 420 g/mol. The summed E-state index contributed by atoms with van der Waals surface area (Å²) >= 11 is 1.51. The smallest absolute Gasteiger partial charge is 0.206 e. The van der Waals surface area contributed by atoms with Crippen molar-refractivity contribution in [3.63, 3.8) is 0 Å². The van der Waals surface area contributed by atoms with Crippen LogP contribution in [-0.4, -0.2) is 29.7 Å². The van der Waals surface area contributed by atoms with Crippen LogP contribution in [-0.2, 0) is 6.42 Å². The zero-order valence-corrected chi connectivity index (χ0v) is 17.2. The average Bonchev–Trinajstić information content (AvgIpc) is 3.43. The first-order chi connectivity index (χ1) is 14.7. The summed E-state index contributed by atoms with van der Waals surface area (Å²) in [5.74, 6) is 1.20. The second-order valence-corrected chi connectivity index (χ2v) is 7.32. The molecule has 4 aromatic rings. The van der Waals surface area contributed by atoms with E-state index in [9.17, 15) is 5.11 Å². The highest BCUT2D eigenvalue weighted by Gasteiger charge is 2.10. The van der Waals surface area contributed by atoms with Gasteiger partial charge in [0.05, 0.1) is 19.6 Å². The van der Waals surface area contributed by atoms with Crippen molar-refractivity contribution in [1.29, 1.82) is 0 Å². The van der Waals surface area contributed by atoms with Crippen molar-refractivity contribution in [3.05, 3.63) is 88.2 Å². The second kappa shape index (κ2) is 9.28. The summed E-state index contributed by atoms with van der Waals surface area (Å²) in [4.78, 5) is 5.52. The van der Waals surface area contributed by atoms with Crippen LogP contribution in [0.4, 0.5) is 0 Å². The van der Waals surface area contributed by atoms with Gasteiger partial charge in [0.25, 0.3) is 0 Å². The van der Waals surface area contributed by atoms with E-state index in [-0.39, 0.29) is 5.75 Å². The molecule has 0 fully saturated rings. The molecular weight excluding hydrogens is 398 g/mol. The van der Waals surface area contributed by atoms with Gasteiger partial charge < -0.3 is 14.3 Å². The fourth-order valence-corrected chi connectivity index (χ4v) is 3.80. The number of hydrogen-bond acceptors (Lipinski definition) is 6. The first kappa shape index (κ1) is 19.7. The quantitative estimate of drug-likeness (QED) is 0.447. The molecule has 0 atom stereocenters. The summed E-state index contributed by atoms with van der Waals surface area (Å²) < 4.78 is 12.4. The Morgan fingerprint density at radius 2 is 2.00 bits per heavy atom. The lowest BCUT2D eigenvalue weighted by molar-refractivity contribution is 0.373. The minimum absolute atomic E-state index is 0.0656. The number of rotatable bonds is 7. The molecule has 2 aromatic carbocycles. The summed E-state index contributed by atoms with van der Waals surface area (Å²) in [5.41, 5.74) is 2.80. The van der Waals surface area contributed by atoms with E-state index in [2.05, 4.69) is 17.2 Å². The van der Waals surface area contributed by atoms with E-state index in [0.29, 0.717) is 18.1 Å². The lowest BCUT2D eigenvalue weighted by Gasteiger charge is -2.04. The third-order valence-corrected chi connectivity index (χ3v) is 5.33. The Morgan fingerprint density at radius 1 is 1.13 bits per heavy atom. The van der Waals surface area contributed by atoms with Gasteiger partial charge in [-0.3, -0.25) is 4.99 Å². The molecule has 0 amide bonds. The maximum atomic E-state index is 10.0. The second-order valence-electron chi connectivity index (χ2n) is 6.49. The minimum Gasteiger partial charge on any atom is -0.504 e. The third kappa shape index (κ3) is 4.52. The van der Waals surface area contributed by atoms with Gasteiger partial charge in [0.1, 0.15) is 5.69 Å². The van der Waals surface area contributed by atoms with Crippen molar-refractivity contribution < 1.29 is 14.3 Å². The minimum atomic E-state index is 0.0656. The van der Waals surface area contributed by atoms with Gasteiger partial charge in [-0.15, -0.1) is 11.3 Å². The number of aromatic hydroxyl groups is 1. The van der Waals surface area contributed by atoms with Crippen molar-refractivity contribution in [3.8, 4) is 23.0 Å². The molecule has 0 bridgehead atoms. The molecule has 6 nitrogen and oxygen atoms in total. The Kier molecular flexibility index (Phi) is 6.10. The van der Waals surface area contributed by atoms with Gasteiger partial charge in [0.15, 0.2) is 17.3 Å². The Bertz CT molecular complexity index is 1190. The number of aromatic nitrogens is 1. The molecule has 2 aromatic heterocycles. The topological polar surface area (TPSA) is 72.2 Å². The summed E-state index contributed by atoms with van der Waals surface area (Å²) in [7, 11) is 1.52. The van der Waals surface area contributed by atoms with E-state index in [0.717, 1.165) is 22.5 Å². The number of phenols is 1. The molecule has 0 radical (unpaired) electrons. The van der Waals surface area contributed by atoms with E-state index in [1.165, 1.54) is 24.0 Å². The highest BCUT2D eigenvalue weighted by atomic mass is 32.1. The van der Waals surface area contributed by atoms with Crippen LogP contribution in [0.5, 0.6) is 11.5 Å². The number of furan rings is 1. The summed E-state index contributed by atoms with van der Waals surface area (Å²) in [6.45, 7) is 0.654. The Morgan fingerprint density at radius 3 is 2.73 bits per heavy atom. The van der Waals surface area contributed by atoms with Gasteiger partial charge in [0.2, 0.25) is 4.80 Å². The normalized spacial score (nSPS) is 12.0. The molecule has 1 N–H and O–H groups in total. The van der Waals surface area contributed by atoms with Gasteiger partial charge in [-0.1, -0.05) is 30.3 Å². The number of thiazole rings is 1. The van der Waals surface area contributed by atoms with Crippen molar-refractivity contribution in [2.24, 2.45) is 10.1 Å². The zero-order valence-electron chi connectivity index (χ0n) is 16.4. The highest BCUT2D eigenvalue weighted by molar-refractivity contribution is 7.07. The van der Waals surface area contributed by atoms with Gasteiger partial charge in [-0.2, -0.15) is 5.10 Å². The number of phenolic OH excluding ortho intramolecular Hbond substituents is 1. The van der Waals surface area contributed by atoms with Crippen LogP contribution >= 0.6 is 11.3 Å². The van der Waals surface area contributed by atoms with Crippen molar-refractivity contribution in [2.75, 3.05) is 13.7 Å². The molecular formula is C23H21N3O3S. The Hall–Kier alpha value is -3.58. The van der Waals surface area contributed by atoms with Gasteiger partial charge in [0, 0.05) is 11.9 Å². The van der Waals surface area contributed by atoms with Crippen LogP contribution in [0.25, 0.3) is 11.5 Å². The Balaban J connectivity index is 1.64. The largest absolute Gasteiger partial charge is 0.504 e. The lowest BCUT2D eigenvalue weighted by atomic mass is 10.2. The van der Waals surface area contributed by atoms with Crippen LogP contribution in [0.15, 0.2) is 86.8 Å². The maximum absolute atomic E-state index is 10.0. The fraction of sp³-hybridized carbons (Fsp3) is 0.130. The standard InChI is InChI=1S/C23H21N3O3S/c1-28-22-10-9-18(14-20(22)27)15-25-26-19(21-8-5-13-29-21)16-30-23(26)24-12-11-17-6-3-2-4-7-17/h2-10,13-16,27H,11-12H2,1H3.